The molecule has 14 heavy (non-hydrogen) atoms. The fourth-order valence-corrected chi connectivity index (χ4v) is 3.01. The number of Topliss-reactive ketones (excluding diaryl/α,β-unsaturated/α-hetero) is 1. The highest BCUT2D eigenvalue weighted by molar-refractivity contribution is 5.79. The molecule has 1 aliphatic heterocycles. The molecular weight excluding hydrogens is 174 g/mol. The van der Waals surface area contributed by atoms with E-state index in [0.717, 1.165) is 19.3 Å². The average Bonchev–Trinajstić information content (AvgIpc) is 2.56. The lowest BCUT2D eigenvalue weighted by Crippen LogP contribution is -2.45. The quantitative estimate of drug-likeness (QED) is 0.639. The molecule has 3 atom stereocenters. The minimum absolute atomic E-state index is 0.479. The number of likely N-dealkylation sites (tertiary alicyclic amines) is 1. The molecule has 0 aromatic rings. The van der Waals surface area contributed by atoms with Gasteiger partial charge in [0.2, 0.25) is 0 Å². The second-order valence-corrected chi connectivity index (χ2v) is 5.06. The Bertz CT molecular complexity index is 226. The Kier molecular flexibility index (Phi) is 2.91. The largest absolute Gasteiger partial charge is 0.300 e. The van der Waals surface area contributed by atoms with Crippen molar-refractivity contribution in [2.24, 2.45) is 5.92 Å². The minimum Gasteiger partial charge on any atom is -0.300 e. The van der Waals surface area contributed by atoms with Gasteiger partial charge >= 0.3 is 0 Å². The number of nitrogens with zero attached hydrogens (tertiary/aromatic N) is 1. The maximum atomic E-state index is 11.5. The first-order chi connectivity index (χ1) is 6.68. The third kappa shape index (κ3) is 1.85. The molecule has 0 bridgehead atoms. The molecule has 0 radical (unpaired) electrons. The van der Waals surface area contributed by atoms with Crippen LogP contribution in [0.25, 0.3) is 0 Å². The summed E-state index contributed by atoms with van der Waals surface area (Å²) in [6, 6.07) is 1.25. The number of rotatable bonds is 1. The first-order valence-corrected chi connectivity index (χ1v) is 5.96. The summed E-state index contributed by atoms with van der Waals surface area (Å²) in [4.78, 5) is 14.0. The molecule has 0 amide bonds. The second kappa shape index (κ2) is 4.01. The van der Waals surface area contributed by atoms with Crippen LogP contribution in [0.2, 0.25) is 0 Å². The van der Waals surface area contributed by atoms with Gasteiger partial charge in [-0.15, -0.1) is 0 Å². The summed E-state index contributed by atoms with van der Waals surface area (Å²) in [5.41, 5.74) is 0. The molecule has 2 fully saturated rings. The summed E-state index contributed by atoms with van der Waals surface area (Å²) in [5.74, 6) is 1.19. The van der Waals surface area contributed by atoms with Crippen LogP contribution >= 0.6 is 0 Å². The van der Waals surface area contributed by atoms with Gasteiger partial charge in [-0.1, -0.05) is 6.92 Å². The van der Waals surface area contributed by atoms with Crippen molar-refractivity contribution in [1.82, 2.24) is 4.90 Å². The lowest BCUT2D eigenvalue weighted by molar-refractivity contribution is -0.123. The van der Waals surface area contributed by atoms with Crippen LogP contribution in [0.3, 0.4) is 0 Å². The van der Waals surface area contributed by atoms with Gasteiger partial charge in [0, 0.05) is 24.9 Å². The van der Waals surface area contributed by atoms with Crippen LogP contribution in [-0.2, 0) is 4.79 Å². The first kappa shape index (κ1) is 10.2. The topological polar surface area (TPSA) is 20.3 Å². The van der Waals surface area contributed by atoms with Crippen LogP contribution in [0, 0.1) is 5.92 Å². The fraction of sp³-hybridized carbons (Fsp3) is 0.917. The van der Waals surface area contributed by atoms with Gasteiger partial charge in [-0.05, 0) is 38.6 Å². The number of ketones is 1. The van der Waals surface area contributed by atoms with Crippen LogP contribution in [0.15, 0.2) is 0 Å². The van der Waals surface area contributed by atoms with Gasteiger partial charge in [0.25, 0.3) is 0 Å². The van der Waals surface area contributed by atoms with Gasteiger partial charge in [-0.2, -0.15) is 0 Å². The molecule has 0 aromatic carbocycles. The molecule has 0 N–H and O–H groups in total. The summed E-state index contributed by atoms with van der Waals surface area (Å²) in [7, 11) is 0. The van der Waals surface area contributed by atoms with Crippen LogP contribution in [0.1, 0.15) is 46.0 Å². The highest BCUT2D eigenvalue weighted by atomic mass is 16.1. The van der Waals surface area contributed by atoms with E-state index in [2.05, 4.69) is 18.7 Å². The first-order valence-electron chi connectivity index (χ1n) is 5.96. The van der Waals surface area contributed by atoms with Crippen LogP contribution in [-0.4, -0.2) is 29.3 Å². The van der Waals surface area contributed by atoms with E-state index in [9.17, 15) is 4.79 Å². The summed E-state index contributed by atoms with van der Waals surface area (Å²) in [6.45, 7) is 5.82. The van der Waals surface area contributed by atoms with Crippen molar-refractivity contribution in [1.29, 1.82) is 0 Å². The molecule has 3 unspecified atom stereocenters. The van der Waals surface area contributed by atoms with E-state index in [-0.39, 0.29) is 0 Å². The maximum absolute atomic E-state index is 11.5. The van der Waals surface area contributed by atoms with E-state index in [1.165, 1.54) is 19.4 Å². The maximum Gasteiger partial charge on any atom is 0.134 e. The van der Waals surface area contributed by atoms with Crippen molar-refractivity contribution in [3.05, 3.63) is 0 Å². The molecule has 1 heterocycles. The molecule has 1 saturated carbocycles. The smallest absolute Gasteiger partial charge is 0.134 e. The van der Waals surface area contributed by atoms with Gasteiger partial charge in [-0.25, -0.2) is 0 Å². The summed E-state index contributed by atoms with van der Waals surface area (Å²) in [6.07, 6.45) is 5.37. The number of hydrogen-bond acceptors (Lipinski definition) is 2. The molecule has 0 spiro atoms. The molecule has 0 aromatic heterocycles. The second-order valence-electron chi connectivity index (χ2n) is 5.06. The van der Waals surface area contributed by atoms with E-state index in [1.54, 1.807) is 0 Å². The normalized spacial score (nSPS) is 40.4. The van der Waals surface area contributed by atoms with E-state index < -0.39 is 0 Å². The lowest BCUT2D eigenvalue weighted by atomic mass is 9.84. The summed E-state index contributed by atoms with van der Waals surface area (Å²) in [5, 5.41) is 0. The zero-order chi connectivity index (χ0) is 10.1. The zero-order valence-electron chi connectivity index (χ0n) is 9.33. The predicted octanol–water partition coefficient (Wildman–Crippen LogP) is 2.23. The van der Waals surface area contributed by atoms with Gasteiger partial charge in [0.15, 0.2) is 0 Å². The Labute approximate surface area is 86.7 Å². The standard InChI is InChI=1S/C12H21NO/c1-9-5-6-11(14)8-12(9)13-7-3-4-10(13)2/h9-10,12H,3-8H2,1-2H3. The molecule has 2 nitrogen and oxygen atoms in total. The van der Waals surface area contributed by atoms with Crippen molar-refractivity contribution < 1.29 is 4.79 Å². The van der Waals surface area contributed by atoms with Crippen molar-refractivity contribution in [3.8, 4) is 0 Å². The Balaban J connectivity index is 2.03. The third-order valence-electron chi connectivity index (χ3n) is 4.00. The van der Waals surface area contributed by atoms with E-state index in [0.29, 0.717) is 23.8 Å². The monoisotopic (exact) mass is 195 g/mol. The predicted molar refractivity (Wildman–Crippen MR) is 57.2 cm³/mol. The summed E-state index contributed by atoms with van der Waals surface area (Å²) >= 11 is 0. The Morgan fingerprint density at radius 2 is 2.07 bits per heavy atom. The van der Waals surface area contributed by atoms with Crippen molar-refractivity contribution in [2.75, 3.05) is 6.54 Å². The van der Waals surface area contributed by atoms with E-state index in [1.807, 2.05) is 0 Å². The molecule has 2 rings (SSSR count). The minimum atomic E-state index is 0.479. The number of carbonyl (C=O) groups excluding carboxylic acids is 1. The van der Waals surface area contributed by atoms with Gasteiger partial charge in [-0.3, -0.25) is 9.69 Å². The Morgan fingerprint density at radius 3 is 2.71 bits per heavy atom. The van der Waals surface area contributed by atoms with Crippen molar-refractivity contribution in [3.63, 3.8) is 0 Å². The average molecular weight is 195 g/mol. The zero-order valence-corrected chi connectivity index (χ0v) is 9.33. The van der Waals surface area contributed by atoms with Gasteiger partial charge in [0.1, 0.15) is 5.78 Å². The highest BCUT2D eigenvalue weighted by Gasteiger charge is 2.34. The van der Waals surface area contributed by atoms with Crippen LogP contribution < -0.4 is 0 Å². The van der Waals surface area contributed by atoms with E-state index >= 15 is 0 Å². The van der Waals surface area contributed by atoms with Crippen molar-refractivity contribution in [2.45, 2.75) is 58.0 Å². The van der Waals surface area contributed by atoms with Crippen molar-refractivity contribution >= 4 is 5.78 Å². The number of hydrogen-bond donors (Lipinski definition) is 0. The summed E-state index contributed by atoms with van der Waals surface area (Å²) < 4.78 is 0. The van der Waals surface area contributed by atoms with E-state index in [4.69, 9.17) is 0 Å². The van der Waals surface area contributed by atoms with Gasteiger partial charge in [0.05, 0.1) is 0 Å². The fourth-order valence-electron chi connectivity index (χ4n) is 3.01. The molecule has 2 aliphatic rings. The molecular formula is C12H21NO. The van der Waals surface area contributed by atoms with Gasteiger partial charge < -0.3 is 0 Å². The van der Waals surface area contributed by atoms with Crippen LogP contribution in [0.4, 0.5) is 0 Å². The Hall–Kier alpha value is -0.370. The molecule has 1 saturated heterocycles. The van der Waals surface area contributed by atoms with Crippen LogP contribution in [0.5, 0.6) is 0 Å². The SMILES string of the molecule is CC1CCC(=O)CC1N1CCCC1C. The molecule has 2 heteroatoms. The third-order valence-corrected chi connectivity index (χ3v) is 4.00. The highest BCUT2D eigenvalue weighted by Crippen LogP contribution is 2.31. The molecule has 80 valence electrons. The number of carbonyl (C=O) groups is 1. The Morgan fingerprint density at radius 1 is 1.29 bits per heavy atom. The molecule has 1 aliphatic carbocycles. The lowest BCUT2D eigenvalue weighted by Gasteiger charge is -2.38.